The zero-order valence-corrected chi connectivity index (χ0v) is 17.9. The van der Waals surface area contributed by atoms with E-state index >= 15 is 0 Å². The summed E-state index contributed by atoms with van der Waals surface area (Å²) in [5, 5.41) is 12.0. The third kappa shape index (κ3) is 4.63. The molecule has 9 heteroatoms. The topological polar surface area (TPSA) is 86.1 Å². The Balaban J connectivity index is 1.50. The van der Waals surface area contributed by atoms with Crippen molar-refractivity contribution in [3.8, 4) is 11.6 Å². The van der Waals surface area contributed by atoms with Crippen molar-refractivity contribution in [1.29, 1.82) is 0 Å². The second kappa shape index (κ2) is 8.71. The van der Waals surface area contributed by atoms with Gasteiger partial charge in [0.15, 0.2) is 10.9 Å². The average Bonchev–Trinajstić information content (AvgIpc) is 3.45. The predicted molar refractivity (Wildman–Crippen MR) is 114 cm³/mol. The molecule has 3 heterocycles. The molecular weight excluding hydrogens is 456 g/mol. The summed E-state index contributed by atoms with van der Waals surface area (Å²) in [4.78, 5) is 12.4. The van der Waals surface area contributed by atoms with E-state index in [9.17, 15) is 4.79 Å². The maximum Gasteiger partial charge on any atom is 0.234 e. The summed E-state index contributed by atoms with van der Waals surface area (Å²) in [6.07, 6.45) is 3.20. The summed E-state index contributed by atoms with van der Waals surface area (Å²) in [7, 11) is 0. The molecule has 1 N–H and O–H groups in total. The number of amides is 1. The molecule has 0 bridgehead atoms. The van der Waals surface area contributed by atoms with E-state index in [4.69, 9.17) is 8.83 Å². The van der Waals surface area contributed by atoms with E-state index in [1.165, 1.54) is 11.8 Å². The van der Waals surface area contributed by atoms with Gasteiger partial charge in [0.05, 0.1) is 24.8 Å². The highest BCUT2D eigenvalue weighted by atomic mass is 79.9. The van der Waals surface area contributed by atoms with Crippen LogP contribution in [-0.2, 0) is 11.3 Å². The van der Waals surface area contributed by atoms with Crippen molar-refractivity contribution in [3.05, 3.63) is 70.8 Å². The minimum Gasteiger partial charge on any atom is -0.467 e. The number of carbonyl (C=O) groups excluding carboxylic acids is 1. The molecule has 0 atom stereocenters. The lowest BCUT2D eigenvalue weighted by molar-refractivity contribution is -0.113. The van der Waals surface area contributed by atoms with Gasteiger partial charge in [0.1, 0.15) is 5.76 Å². The Morgan fingerprint density at radius 2 is 2.00 bits per heavy atom. The molecule has 7 nitrogen and oxygen atoms in total. The Kier molecular flexibility index (Phi) is 5.86. The van der Waals surface area contributed by atoms with Gasteiger partial charge in [-0.15, -0.1) is 10.2 Å². The number of halogens is 1. The maximum absolute atomic E-state index is 12.4. The molecule has 1 amide bonds. The molecule has 0 aliphatic carbocycles. The van der Waals surface area contributed by atoms with Crippen LogP contribution in [0.15, 0.2) is 73.5 Å². The number of hydrogen-bond acceptors (Lipinski definition) is 6. The van der Waals surface area contributed by atoms with Crippen molar-refractivity contribution in [2.45, 2.75) is 18.6 Å². The van der Waals surface area contributed by atoms with Gasteiger partial charge in [-0.05, 0) is 55.0 Å². The van der Waals surface area contributed by atoms with Crippen LogP contribution < -0.4 is 5.32 Å². The Labute approximate surface area is 179 Å². The predicted octanol–water partition coefficient (Wildman–Crippen LogP) is 4.98. The van der Waals surface area contributed by atoms with Crippen LogP contribution in [0.1, 0.15) is 11.3 Å². The quantitative estimate of drug-likeness (QED) is 0.381. The Hall–Kier alpha value is -2.78. The number of aromatic nitrogens is 3. The van der Waals surface area contributed by atoms with Gasteiger partial charge in [0.2, 0.25) is 11.7 Å². The number of hydrogen-bond donors (Lipinski definition) is 1. The van der Waals surface area contributed by atoms with E-state index in [0.717, 1.165) is 21.5 Å². The number of anilines is 1. The summed E-state index contributed by atoms with van der Waals surface area (Å²) in [6, 6.07) is 13.0. The van der Waals surface area contributed by atoms with E-state index < -0.39 is 0 Å². The SMILES string of the molecule is Cc1cc(Br)ccc1NC(=O)CSc1nnc(-c2ccco2)n1Cc1ccco1. The van der Waals surface area contributed by atoms with Crippen LogP contribution >= 0.6 is 27.7 Å². The molecule has 0 unspecified atom stereocenters. The fraction of sp³-hybridized carbons (Fsp3) is 0.150. The lowest BCUT2D eigenvalue weighted by atomic mass is 10.2. The first-order valence-electron chi connectivity index (χ1n) is 8.78. The van der Waals surface area contributed by atoms with Gasteiger partial charge < -0.3 is 14.2 Å². The molecule has 148 valence electrons. The molecule has 0 radical (unpaired) electrons. The van der Waals surface area contributed by atoms with Crippen molar-refractivity contribution in [2.75, 3.05) is 11.1 Å². The molecule has 0 saturated heterocycles. The normalized spacial score (nSPS) is 11.0. The maximum atomic E-state index is 12.4. The number of benzene rings is 1. The fourth-order valence-corrected chi connectivity index (χ4v) is 3.98. The number of rotatable bonds is 7. The van der Waals surface area contributed by atoms with Crippen LogP contribution in [0.25, 0.3) is 11.6 Å². The number of thioether (sulfide) groups is 1. The number of furan rings is 2. The van der Waals surface area contributed by atoms with Gasteiger partial charge in [0, 0.05) is 10.2 Å². The third-order valence-electron chi connectivity index (χ3n) is 4.15. The standard InChI is InChI=1S/C20H17BrN4O3S/c1-13-10-14(21)6-7-16(13)22-18(26)12-29-20-24-23-19(17-5-3-9-28-17)25(20)11-15-4-2-8-27-15/h2-10H,11-12H2,1H3,(H,22,26). The van der Waals surface area contributed by atoms with E-state index in [1.54, 1.807) is 18.6 Å². The van der Waals surface area contributed by atoms with Crippen molar-refractivity contribution >= 4 is 39.3 Å². The molecule has 4 aromatic rings. The molecule has 0 saturated carbocycles. The molecule has 0 spiro atoms. The monoisotopic (exact) mass is 472 g/mol. The fourth-order valence-electron chi connectivity index (χ4n) is 2.77. The molecule has 0 aliphatic heterocycles. The van der Waals surface area contributed by atoms with Gasteiger partial charge in [-0.3, -0.25) is 9.36 Å². The van der Waals surface area contributed by atoms with Crippen molar-refractivity contribution in [3.63, 3.8) is 0 Å². The number of nitrogens with one attached hydrogen (secondary N) is 1. The third-order valence-corrected chi connectivity index (χ3v) is 5.61. The van der Waals surface area contributed by atoms with Crippen molar-refractivity contribution < 1.29 is 13.6 Å². The van der Waals surface area contributed by atoms with Gasteiger partial charge in [-0.25, -0.2) is 0 Å². The van der Waals surface area contributed by atoms with Crippen LogP contribution in [0.4, 0.5) is 5.69 Å². The van der Waals surface area contributed by atoms with E-state index in [-0.39, 0.29) is 11.7 Å². The first-order chi connectivity index (χ1) is 14.1. The number of aryl methyl sites for hydroxylation is 1. The zero-order chi connectivity index (χ0) is 20.2. The van der Waals surface area contributed by atoms with E-state index in [0.29, 0.717) is 23.3 Å². The Bertz CT molecular complexity index is 1110. The van der Waals surface area contributed by atoms with E-state index in [1.807, 2.05) is 47.9 Å². The summed E-state index contributed by atoms with van der Waals surface area (Å²) in [5.74, 6) is 2.02. The highest BCUT2D eigenvalue weighted by Crippen LogP contribution is 2.26. The van der Waals surface area contributed by atoms with Crippen LogP contribution in [0.5, 0.6) is 0 Å². The van der Waals surface area contributed by atoms with Crippen LogP contribution in [0.2, 0.25) is 0 Å². The smallest absolute Gasteiger partial charge is 0.234 e. The van der Waals surface area contributed by atoms with Crippen molar-refractivity contribution in [1.82, 2.24) is 14.8 Å². The van der Waals surface area contributed by atoms with Gasteiger partial charge in [-0.1, -0.05) is 27.7 Å². The minimum absolute atomic E-state index is 0.118. The summed E-state index contributed by atoms with van der Waals surface area (Å²) < 4.78 is 13.8. The molecule has 4 rings (SSSR count). The van der Waals surface area contributed by atoms with Crippen LogP contribution in [-0.4, -0.2) is 26.4 Å². The first kappa shape index (κ1) is 19.5. The zero-order valence-electron chi connectivity index (χ0n) is 15.5. The summed E-state index contributed by atoms with van der Waals surface area (Å²) in [6.45, 7) is 2.38. The average molecular weight is 473 g/mol. The minimum atomic E-state index is -0.118. The highest BCUT2D eigenvalue weighted by Gasteiger charge is 2.18. The Morgan fingerprint density at radius 3 is 2.72 bits per heavy atom. The van der Waals surface area contributed by atoms with Gasteiger partial charge >= 0.3 is 0 Å². The molecule has 0 aliphatic rings. The largest absolute Gasteiger partial charge is 0.467 e. The molecule has 29 heavy (non-hydrogen) atoms. The lowest BCUT2D eigenvalue weighted by Crippen LogP contribution is -2.15. The van der Waals surface area contributed by atoms with Gasteiger partial charge in [-0.2, -0.15) is 0 Å². The lowest BCUT2D eigenvalue weighted by Gasteiger charge is -2.09. The molecular formula is C20H17BrN4O3S. The number of carbonyl (C=O) groups is 1. The van der Waals surface area contributed by atoms with Gasteiger partial charge in [0.25, 0.3) is 0 Å². The second-order valence-corrected chi connectivity index (χ2v) is 8.10. The highest BCUT2D eigenvalue weighted by molar-refractivity contribution is 9.10. The van der Waals surface area contributed by atoms with Crippen LogP contribution in [0, 0.1) is 6.92 Å². The summed E-state index contributed by atoms with van der Waals surface area (Å²) >= 11 is 4.73. The molecule has 3 aromatic heterocycles. The molecule has 1 aromatic carbocycles. The van der Waals surface area contributed by atoms with E-state index in [2.05, 4.69) is 31.4 Å². The summed E-state index contributed by atoms with van der Waals surface area (Å²) in [5.41, 5.74) is 1.77. The Morgan fingerprint density at radius 1 is 1.17 bits per heavy atom. The second-order valence-electron chi connectivity index (χ2n) is 6.25. The molecule has 0 fully saturated rings. The van der Waals surface area contributed by atoms with Crippen molar-refractivity contribution in [2.24, 2.45) is 0 Å². The first-order valence-corrected chi connectivity index (χ1v) is 10.6. The van der Waals surface area contributed by atoms with Crippen LogP contribution in [0.3, 0.4) is 0 Å². The number of nitrogens with zero attached hydrogens (tertiary/aromatic N) is 3.